The molecule has 2 aromatic heterocycles. The number of benzene rings is 10. The second kappa shape index (κ2) is 13.3. The first-order valence-corrected chi connectivity index (χ1v) is 22.0. The van der Waals surface area contributed by atoms with Crippen LogP contribution in [0.15, 0.2) is 233 Å². The molecule has 1 atom stereocenters. The Morgan fingerprint density at radius 1 is 0.328 bits per heavy atom. The van der Waals surface area contributed by atoms with Gasteiger partial charge >= 0.3 is 0 Å². The average molecular weight is 816 g/mol. The number of fused-ring (bicyclic) bond motifs is 19. The highest BCUT2D eigenvalue weighted by atomic mass is 16.3. The van der Waals surface area contributed by atoms with Crippen molar-refractivity contribution >= 4 is 60.9 Å². The van der Waals surface area contributed by atoms with Crippen LogP contribution in [0.2, 0.25) is 0 Å². The number of rotatable bonds is 4. The molecule has 64 heavy (non-hydrogen) atoms. The van der Waals surface area contributed by atoms with Crippen LogP contribution in [0.5, 0.6) is 0 Å². The fourth-order valence-electron chi connectivity index (χ4n) is 11.3. The van der Waals surface area contributed by atoms with Crippen LogP contribution in [-0.2, 0) is 5.41 Å². The van der Waals surface area contributed by atoms with Crippen LogP contribution in [0.4, 0.5) is 17.1 Å². The van der Waals surface area contributed by atoms with Gasteiger partial charge in [0, 0.05) is 33.1 Å². The molecular weight excluding hydrogens is 779 g/mol. The van der Waals surface area contributed by atoms with Gasteiger partial charge in [-0.05, 0) is 110 Å². The monoisotopic (exact) mass is 815 g/mol. The summed E-state index contributed by atoms with van der Waals surface area (Å²) in [5, 5.41) is 4.42. The molecule has 10 aromatic carbocycles. The van der Waals surface area contributed by atoms with Crippen LogP contribution in [-0.4, -0.2) is 0 Å². The summed E-state index contributed by atoms with van der Waals surface area (Å²) < 4.78 is 13.5. The topological polar surface area (TPSA) is 29.5 Å². The first kappa shape index (κ1) is 35.2. The van der Waals surface area contributed by atoms with Gasteiger partial charge in [-0.2, -0.15) is 0 Å². The molecule has 3 nitrogen and oxygen atoms in total. The third kappa shape index (κ3) is 4.76. The van der Waals surface area contributed by atoms with Crippen molar-refractivity contribution in [3.8, 4) is 44.5 Å². The third-order valence-corrected chi connectivity index (χ3v) is 13.9. The van der Waals surface area contributed by atoms with Crippen LogP contribution < -0.4 is 4.90 Å². The maximum Gasteiger partial charge on any atom is 0.143 e. The molecule has 2 heterocycles. The first-order valence-electron chi connectivity index (χ1n) is 22.0. The summed E-state index contributed by atoms with van der Waals surface area (Å²) in [5.41, 5.74) is 20.5. The van der Waals surface area contributed by atoms with Crippen LogP contribution in [0.25, 0.3) is 88.4 Å². The Morgan fingerprint density at radius 3 is 1.69 bits per heavy atom. The van der Waals surface area contributed by atoms with Crippen molar-refractivity contribution in [3.05, 3.63) is 247 Å². The summed E-state index contributed by atoms with van der Waals surface area (Å²) in [4.78, 5) is 2.43. The molecule has 0 radical (unpaired) electrons. The molecule has 0 fully saturated rings. The van der Waals surface area contributed by atoms with E-state index < -0.39 is 5.41 Å². The van der Waals surface area contributed by atoms with Crippen molar-refractivity contribution in [1.82, 2.24) is 0 Å². The van der Waals surface area contributed by atoms with Gasteiger partial charge in [-0.25, -0.2) is 0 Å². The summed E-state index contributed by atoms with van der Waals surface area (Å²) in [6, 6.07) is 81.7. The molecule has 12 aromatic rings. The fourth-order valence-corrected chi connectivity index (χ4v) is 11.3. The molecule has 0 aliphatic heterocycles. The first-order chi connectivity index (χ1) is 31.8. The molecule has 298 valence electrons. The number of anilines is 3. The van der Waals surface area contributed by atoms with Crippen LogP contribution in [0.1, 0.15) is 22.3 Å². The van der Waals surface area contributed by atoms with Crippen molar-refractivity contribution < 1.29 is 8.83 Å². The van der Waals surface area contributed by atoms with E-state index in [0.717, 1.165) is 66.5 Å². The van der Waals surface area contributed by atoms with E-state index >= 15 is 0 Å². The lowest BCUT2D eigenvalue weighted by Gasteiger charge is -2.36. The standard InChI is InChI=1S/C61H37NO2/c1-2-15-38(16-3-1)39-29-31-40(32-30-39)62(54-25-14-28-57-59(54)49-22-9-13-27-56(49)63-57)41-33-34-45-43-18-5-4-17-42(43)44-19-6-10-23-50(44)61(53(45)37-41)51-24-11-7-21-48(51)58-52(61)36-35-47-46-20-8-12-26-55(46)64-60(47)58/h1-37H. The molecule has 14 rings (SSSR count). The van der Waals surface area contributed by atoms with E-state index in [4.69, 9.17) is 8.83 Å². The molecular formula is C61H37NO2. The highest BCUT2D eigenvalue weighted by Crippen LogP contribution is 2.63. The third-order valence-electron chi connectivity index (χ3n) is 13.9. The minimum Gasteiger partial charge on any atom is -0.456 e. The smallest absolute Gasteiger partial charge is 0.143 e. The summed E-state index contributed by atoms with van der Waals surface area (Å²) in [5.74, 6) is 0. The lowest BCUT2D eigenvalue weighted by atomic mass is 9.65. The molecule has 0 bridgehead atoms. The van der Waals surface area contributed by atoms with Gasteiger partial charge in [0.05, 0.1) is 16.5 Å². The van der Waals surface area contributed by atoms with Gasteiger partial charge in [-0.15, -0.1) is 0 Å². The van der Waals surface area contributed by atoms with Gasteiger partial charge in [0.2, 0.25) is 0 Å². The fraction of sp³-hybridized carbons (Fsp3) is 0.0164. The Morgan fingerprint density at radius 2 is 0.906 bits per heavy atom. The summed E-state index contributed by atoms with van der Waals surface area (Å²) in [6.45, 7) is 0. The van der Waals surface area contributed by atoms with E-state index in [1.165, 1.54) is 61.2 Å². The highest BCUT2D eigenvalue weighted by molar-refractivity contribution is 6.15. The van der Waals surface area contributed by atoms with E-state index in [9.17, 15) is 0 Å². The van der Waals surface area contributed by atoms with Gasteiger partial charge < -0.3 is 13.7 Å². The Kier molecular flexibility index (Phi) is 7.32. The number of nitrogens with zero attached hydrogens (tertiary/aromatic N) is 1. The van der Waals surface area contributed by atoms with E-state index in [1.807, 2.05) is 6.07 Å². The minimum atomic E-state index is -0.711. The number of para-hydroxylation sites is 2. The lowest BCUT2D eigenvalue weighted by molar-refractivity contribution is 0.668. The van der Waals surface area contributed by atoms with Gasteiger partial charge in [0.25, 0.3) is 0 Å². The Hall–Kier alpha value is -8.40. The molecule has 2 aliphatic rings. The van der Waals surface area contributed by atoms with E-state index in [1.54, 1.807) is 0 Å². The quantitative estimate of drug-likeness (QED) is 0.177. The molecule has 0 amide bonds. The Labute approximate surface area is 369 Å². The summed E-state index contributed by atoms with van der Waals surface area (Å²) in [7, 11) is 0. The van der Waals surface area contributed by atoms with E-state index in [-0.39, 0.29) is 0 Å². The molecule has 3 heteroatoms. The maximum absolute atomic E-state index is 6.93. The van der Waals surface area contributed by atoms with Crippen molar-refractivity contribution in [3.63, 3.8) is 0 Å². The summed E-state index contributed by atoms with van der Waals surface area (Å²) in [6.07, 6.45) is 0. The van der Waals surface area contributed by atoms with Crippen LogP contribution in [0, 0.1) is 0 Å². The number of hydrogen-bond donors (Lipinski definition) is 0. The normalized spacial score (nSPS) is 14.6. The lowest BCUT2D eigenvalue weighted by Crippen LogP contribution is -2.29. The van der Waals surface area contributed by atoms with Crippen molar-refractivity contribution in [2.24, 2.45) is 0 Å². The number of hydrogen-bond acceptors (Lipinski definition) is 3. The van der Waals surface area contributed by atoms with Gasteiger partial charge in [0.15, 0.2) is 0 Å². The molecule has 0 N–H and O–H groups in total. The van der Waals surface area contributed by atoms with Gasteiger partial charge in [-0.1, -0.05) is 176 Å². The van der Waals surface area contributed by atoms with E-state index in [2.05, 4.69) is 223 Å². The zero-order valence-electron chi connectivity index (χ0n) is 34.6. The summed E-state index contributed by atoms with van der Waals surface area (Å²) >= 11 is 0. The second-order valence-electron chi connectivity index (χ2n) is 17.1. The Bertz CT molecular complexity index is 3860. The van der Waals surface area contributed by atoms with Gasteiger partial charge in [-0.3, -0.25) is 0 Å². The largest absolute Gasteiger partial charge is 0.456 e. The second-order valence-corrected chi connectivity index (χ2v) is 17.1. The van der Waals surface area contributed by atoms with Crippen molar-refractivity contribution in [1.29, 1.82) is 0 Å². The maximum atomic E-state index is 6.93. The molecule has 2 aliphatic carbocycles. The Balaban J connectivity index is 1.11. The molecule has 1 spiro atoms. The zero-order chi connectivity index (χ0) is 41.9. The molecule has 0 saturated carbocycles. The van der Waals surface area contributed by atoms with E-state index in [0.29, 0.717) is 0 Å². The van der Waals surface area contributed by atoms with Crippen LogP contribution >= 0.6 is 0 Å². The van der Waals surface area contributed by atoms with Crippen LogP contribution in [0.3, 0.4) is 0 Å². The minimum absolute atomic E-state index is 0.711. The zero-order valence-corrected chi connectivity index (χ0v) is 34.6. The van der Waals surface area contributed by atoms with Gasteiger partial charge in [0.1, 0.15) is 22.3 Å². The van der Waals surface area contributed by atoms with Crippen molar-refractivity contribution in [2.75, 3.05) is 4.90 Å². The highest BCUT2D eigenvalue weighted by Gasteiger charge is 2.51. The molecule has 1 unspecified atom stereocenters. The predicted molar refractivity (Wildman–Crippen MR) is 263 cm³/mol. The average Bonchev–Trinajstić information content (AvgIpc) is 4.01. The van der Waals surface area contributed by atoms with Crippen molar-refractivity contribution in [2.45, 2.75) is 5.41 Å². The predicted octanol–water partition coefficient (Wildman–Crippen LogP) is 16.6. The SMILES string of the molecule is c1ccc(-c2ccc(N(c3ccc4c(c3)C3(c5ccccc5-c5ccccc5-4)c4ccccc4-c4c3ccc3c4oc4ccccc43)c3cccc4oc5ccccc5c34)cc2)cc1. The number of furan rings is 2. The molecule has 0 saturated heterocycles.